The fourth-order valence-electron chi connectivity index (χ4n) is 3.91. The van der Waals surface area contributed by atoms with Crippen molar-refractivity contribution in [3.8, 4) is 23.1 Å². The van der Waals surface area contributed by atoms with E-state index in [0.29, 0.717) is 43.2 Å². The lowest BCUT2D eigenvalue weighted by Gasteiger charge is -2.37. The summed E-state index contributed by atoms with van der Waals surface area (Å²) in [4.78, 5) is 17.2. The van der Waals surface area contributed by atoms with E-state index < -0.39 is 0 Å². The van der Waals surface area contributed by atoms with Gasteiger partial charge in [0.15, 0.2) is 0 Å². The van der Waals surface area contributed by atoms with Crippen LogP contribution in [0.5, 0.6) is 5.75 Å². The molecule has 2 aromatic carbocycles. The van der Waals surface area contributed by atoms with Crippen LogP contribution in [0.2, 0.25) is 0 Å². The third-order valence-electron chi connectivity index (χ3n) is 5.64. The lowest BCUT2D eigenvalue weighted by molar-refractivity contribution is 0.0605. The number of hydrogen-bond acceptors (Lipinski definition) is 6. The molecule has 0 N–H and O–H groups in total. The Balaban J connectivity index is 1.47. The predicted octanol–water partition coefficient (Wildman–Crippen LogP) is 3.68. The Labute approximate surface area is 181 Å². The normalized spacial score (nSPS) is 15.3. The van der Waals surface area contributed by atoms with Crippen LogP contribution in [0.1, 0.15) is 27.7 Å². The number of ether oxygens (including phenoxy) is 1. The monoisotopic (exact) mass is 416 g/mol. The second-order valence-corrected chi connectivity index (χ2v) is 7.46. The van der Waals surface area contributed by atoms with Gasteiger partial charge in [0.2, 0.25) is 0 Å². The van der Waals surface area contributed by atoms with E-state index in [4.69, 9.17) is 9.26 Å². The Morgan fingerprint density at radius 1 is 1.10 bits per heavy atom. The maximum Gasteiger partial charge on any atom is 0.259 e. The van der Waals surface area contributed by atoms with Crippen LogP contribution in [-0.4, -0.2) is 54.2 Å². The van der Waals surface area contributed by atoms with Crippen molar-refractivity contribution in [3.63, 3.8) is 0 Å². The molecule has 0 bridgehead atoms. The summed E-state index contributed by atoms with van der Waals surface area (Å²) < 4.78 is 10.6. The Morgan fingerprint density at radius 2 is 1.77 bits per heavy atom. The van der Waals surface area contributed by atoms with Crippen LogP contribution >= 0.6 is 0 Å². The molecule has 1 saturated heterocycles. The van der Waals surface area contributed by atoms with Crippen molar-refractivity contribution in [1.82, 2.24) is 15.0 Å². The number of piperazine rings is 1. The van der Waals surface area contributed by atoms with Gasteiger partial charge in [0.25, 0.3) is 5.91 Å². The molecule has 1 aliphatic rings. The number of aryl methyl sites for hydroxylation is 1. The summed E-state index contributed by atoms with van der Waals surface area (Å²) in [5, 5.41) is 13.9. The zero-order valence-electron chi connectivity index (χ0n) is 17.6. The first kappa shape index (κ1) is 20.6. The summed E-state index contributed by atoms with van der Waals surface area (Å²) in [7, 11) is 1.62. The van der Waals surface area contributed by atoms with Gasteiger partial charge in [-0.1, -0.05) is 47.6 Å². The fourth-order valence-corrected chi connectivity index (χ4v) is 3.91. The van der Waals surface area contributed by atoms with Gasteiger partial charge in [-0.05, 0) is 24.6 Å². The quantitative estimate of drug-likeness (QED) is 0.631. The molecular formula is C24H24N4O3. The van der Waals surface area contributed by atoms with Crippen molar-refractivity contribution in [3.05, 3.63) is 71.5 Å². The molecule has 1 atom stereocenters. The zero-order chi connectivity index (χ0) is 21.8. The largest absolute Gasteiger partial charge is 0.497 e. The highest BCUT2D eigenvalue weighted by Crippen LogP contribution is 2.28. The highest BCUT2D eigenvalue weighted by atomic mass is 16.5. The Kier molecular flexibility index (Phi) is 6.01. The summed E-state index contributed by atoms with van der Waals surface area (Å²) in [6.45, 7) is 4.05. The van der Waals surface area contributed by atoms with Gasteiger partial charge in [0.1, 0.15) is 28.8 Å². The highest BCUT2D eigenvalue weighted by molar-refractivity contribution is 6.00. The summed E-state index contributed by atoms with van der Waals surface area (Å²) >= 11 is 0. The van der Waals surface area contributed by atoms with Gasteiger partial charge < -0.3 is 14.2 Å². The first-order valence-electron chi connectivity index (χ1n) is 10.2. The molecule has 7 heteroatoms. The molecule has 1 unspecified atom stereocenters. The predicted molar refractivity (Wildman–Crippen MR) is 116 cm³/mol. The van der Waals surface area contributed by atoms with Crippen molar-refractivity contribution in [2.45, 2.75) is 13.0 Å². The van der Waals surface area contributed by atoms with Gasteiger partial charge in [0, 0.05) is 31.7 Å². The van der Waals surface area contributed by atoms with Gasteiger partial charge in [-0.15, -0.1) is 0 Å². The molecule has 7 nitrogen and oxygen atoms in total. The molecule has 158 valence electrons. The first-order chi connectivity index (χ1) is 15.1. The van der Waals surface area contributed by atoms with Crippen LogP contribution < -0.4 is 4.74 Å². The number of rotatable bonds is 5. The van der Waals surface area contributed by atoms with E-state index in [9.17, 15) is 10.1 Å². The second kappa shape index (κ2) is 9.02. The minimum atomic E-state index is -0.361. The summed E-state index contributed by atoms with van der Waals surface area (Å²) in [5.74, 6) is 1.18. The third-order valence-corrected chi connectivity index (χ3v) is 5.64. The lowest BCUT2D eigenvalue weighted by Crippen LogP contribution is -2.49. The molecule has 1 aliphatic heterocycles. The number of benzene rings is 2. The van der Waals surface area contributed by atoms with Gasteiger partial charge in [-0.2, -0.15) is 5.26 Å². The average molecular weight is 416 g/mol. The number of nitrogens with zero attached hydrogens (tertiary/aromatic N) is 4. The maximum absolute atomic E-state index is 13.3. The molecule has 1 fully saturated rings. The standard InChI is InChI=1S/C24H24N4O3/c1-17-22(23(26-31-17)19-6-4-3-5-7-19)24(29)28-14-12-27(13-15-28)21(16-25)18-8-10-20(30-2)11-9-18/h3-11,21H,12-15H2,1-2H3. The number of methoxy groups -OCH3 is 1. The molecule has 3 aromatic rings. The van der Waals surface area contributed by atoms with Crippen LogP contribution in [-0.2, 0) is 0 Å². The number of hydrogen-bond donors (Lipinski definition) is 0. The molecular weight excluding hydrogens is 392 g/mol. The van der Waals surface area contributed by atoms with Crippen molar-refractivity contribution in [2.24, 2.45) is 0 Å². The van der Waals surface area contributed by atoms with Crippen LogP contribution in [0, 0.1) is 18.3 Å². The van der Waals surface area contributed by atoms with Crippen molar-refractivity contribution in [2.75, 3.05) is 33.3 Å². The Morgan fingerprint density at radius 3 is 2.39 bits per heavy atom. The third kappa shape index (κ3) is 4.16. The zero-order valence-corrected chi connectivity index (χ0v) is 17.6. The van der Waals surface area contributed by atoms with E-state index in [-0.39, 0.29) is 11.9 Å². The van der Waals surface area contributed by atoms with Crippen molar-refractivity contribution < 1.29 is 14.1 Å². The Hall–Kier alpha value is -3.63. The van der Waals surface area contributed by atoms with E-state index in [2.05, 4.69) is 16.1 Å². The van der Waals surface area contributed by atoms with E-state index in [0.717, 1.165) is 16.9 Å². The molecule has 4 rings (SSSR count). The topological polar surface area (TPSA) is 82.6 Å². The van der Waals surface area contributed by atoms with E-state index in [1.165, 1.54) is 0 Å². The molecule has 2 heterocycles. The molecule has 1 aromatic heterocycles. The number of amides is 1. The van der Waals surface area contributed by atoms with E-state index >= 15 is 0 Å². The molecule has 1 amide bonds. The van der Waals surface area contributed by atoms with Gasteiger partial charge in [-0.3, -0.25) is 9.69 Å². The number of nitriles is 1. The maximum atomic E-state index is 13.3. The van der Waals surface area contributed by atoms with Crippen molar-refractivity contribution in [1.29, 1.82) is 5.26 Å². The van der Waals surface area contributed by atoms with Crippen LogP contribution in [0.3, 0.4) is 0 Å². The number of carbonyl (C=O) groups excluding carboxylic acids is 1. The van der Waals surface area contributed by atoms with Crippen molar-refractivity contribution >= 4 is 5.91 Å². The van der Waals surface area contributed by atoms with Crippen LogP contribution in [0.15, 0.2) is 59.1 Å². The van der Waals surface area contributed by atoms with Gasteiger partial charge >= 0.3 is 0 Å². The molecule has 0 aliphatic carbocycles. The minimum absolute atomic E-state index is 0.0878. The molecule has 31 heavy (non-hydrogen) atoms. The highest BCUT2D eigenvalue weighted by Gasteiger charge is 2.31. The summed E-state index contributed by atoms with van der Waals surface area (Å²) in [6, 6.07) is 19.2. The lowest BCUT2D eigenvalue weighted by atomic mass is 10.0. The smallest absolute Gasteiger partial charge is 0.259 e. The fraction of sp³-hybridized carbons (Fsp3) is 0.292. The summed E-state index contributed by atoms with van der Waals surface area (Å²) in [6.07, 6.45) is 0. The van der Waals surface area contributed by atoms with E-state index in [1.54, 1.807) is 14.0 Å². The van der Waals surface area contributed by atoms with Crippen LogP contribution in [0.4, 0.5) is 0 Å². The second-order valence-electron chi connectivity index (χ2n) is 7.46. The SMILES string of the molecule is COc1ccc(C(C#N)N2CCN(C(=O)c3c(-c4ccccc4)noc3C)CC2)cc1. The molecule has 0 spiro atoms. The minimum Gasteiger partial charge on any atom is -0.497 e. The van der Waals surface area contributed by atoms with Gasteiger partial charge in [-0.25, -0.2) is 0 Å². The average Bonchev–Trinajstić information content (AvgIpc) is 3.22. The summed E-state index contributed by atoms with van der Waals surface area (Å²) in [5.41, 5.74) is 2.85. The Bertz CT molecular complexity index is 1080. The van der Waals surface area contributed by atoms with E-state index in [1.807, 2.05) is 59.5 Å². The number of aromatic nitrogens is 1. The van der Waals surface area contributed by atoms with Gasteiger partial charge in [0.05, 0.1) is 13.2 Å². The molecule has 0 radical (unpaired) electrons. The van der Waals surface area contributed by atoms with Crippen LogP contribution in [0.25, 0.3) is 11.3 Å². The number of carbonyl (C=O) groups is 1. The molecule has 0 saturated carbocycles. The first-order valence-corrected chi connectivity index (χ1v) is 10.2.